The maximum absolute atomic E-state index is 13.8. The third-order valence-electron chi connectivity index (χ3n) is 25.3. The van der Waals surface area contributed by atoms with Crippen molar-refractivity contribution in [3.8, 4) is 0 Å². The predicted octanol–water partition coefficient (Wildman–Crippen LogP) is -1.75. The van der Waals surface area contributed by atoms with Crippen LogP contribution in [0.4, 0.5) is 0 Å². The molecule has 6 aliphatic heterocycles. The molecule has 12 unspecified atom stereocenters. The van der Waals surface area contributed by atoms with Gasteiger partial charge in [-0.15, -0.1) is 0 Å². The number of aliphatic hydroxyl groups excluding tert-OH is 19. The highest BCUT2D eigenvalue weighted by molar-refractivity contribution is 5.78. The largest absolute Gasteiger partial charge is 0.477 e. The standard InChI is InChI=1S/C90H158N4O39/c1-6-8-10-12-14-16-18-20-21-22-23-24-25-26-27-29-31-33-35-37-39-41-64(108)94-54(55(104)40-38-36-34-32-30-28-19-17-15-13-11-9-7-2)50-122-84-74(115)72(113)78(62(48-99)125-84)128-85-75(116)73(114)77(63(49-100)126-85)127-83-67(93-53(5)103)79(69(110)59(45-96)123-83)129-86-76(117)82(70(111)60(46-97)124-86)133-90(88(120)121)43-57(106)66(92-52(4)102)81(132-90)71(112)61(47-98)130-89(87(118)119)42-56(105)65(91-51(3)101)80(131-89)68(109)58(107)44-95/h20-21,38,40,54-63,65-86,95-100,104-107,109-117H,6-19,22-37,39,41-50H2,1-5H3,(H,91,101)(H,92,102)(H,93,103)(H,94,108)(H,118,119)(H,120,121)/b21-20-,40-38+/t54-,55+,56?,57?,58+,59?,60?,61+,62?,63?,65+,66+,67?,68+,69-,70-,71+,72+,73+,74?,75?,76?,77-,78+,79+,80?,81?,82-,83-,84+,85-,86-,89+,90-/m0/s1. The number of carbonyl (C=O) groups excluding carboxylic acids is 4. The van der Waals surface area contributed by atoms with Gasteiger partial charge in [-0.1, -0.05) is 192 Å². The molecule has 0 bridgehead atoms. The van der Waals surface area contributed by atoms with Crippen molar-refractivity contribution in [2.75, 3.05) is 46.2 Å². The normalized spacial score (nSPS) is 34.1. The van der Waals surface area contributed by atoms with Crippen molar-refractivity contribution < 1.29 is 193 Å². The third-order valence-corrected chi connectivity index (χ3v) is 25.3. The summed E-state index contributed by atoms with van der Waals surface area (Å²) < 4.78 is 70.8. The maximum atomic E-state index is 13.8. The highest BCUT2D eigenvalue weighted by atomic mass is 16.8. The number of carboxylic acids is 2. The fraction of sp³-hybridized carbons (Fsp3) is 0.889. The fourth-order valence-corrected chi connectivity index (χ4v) is 17.7. The first-order chi connectivity index (χ1) is 63.6. The Balaban J connectivity index is 1.12. The molecular weight excluding hydrogens is 1760 g/mol. The van der Waals surface area contributed by atoms with Crippen molar-refractivity contribution in [2.24, 2.45) is 0 Å². The first-order valence-corrected chi connectivity index (χ1v) is 47.9. The number of nitrogens with one attached hydrogen (secondary N) is 4. The van der Waals surface area contributed by atoms with Gasteiger partial charge in [-0.25, -0.2) is 9.59 Å². The second-order valence-electron chi connectivity index (χ2n) is 36.0. The highest BCUT2D eigenvalue weighted by Gasteiger charge is 2.64. The number of unbranched alkanes of at least 4 members (excludes halogenated alkanes) is 28. The van der Waals surface area contributed by atoms with E-state index in [4.69, 9.17) is 56.8 Å². The molecule has 0 aromatic rings. The summed E-state index contributed by atoms with van der Waals surface area (Å²) in [5.41, 5.74) is 0. The Morgan fingerprint density at radius 2 is 0.782 bits per heavy atom. The van der Waals surface area contributed by atoms with Gasteiger partial charge in [0.2, 0.25) is 23.6 Å². The van der Waals surface area contributed by atoms with Crippen LogP contribution in [-0.4, -0.2) is 396 Å². The molecule has 43 heteroatoms. The van der Waals surface area contributed by atoms with Crippen LogP contribution < -0.4 is 21.3 Å². The zero-order valence-electron chi connectivity index (χ0n) is 77.5. The Kier molecular flexibility index (Phi) is 53.5. The lowest BCUT2D eigenvalue weighted by Crippen LogP contribution is -2.72. The molecule has 0 aromatic heterocycles. The Hall–Kier alpha value is -4.94. The number of allylic oxidation sites excluding steroid dienone is 3. The number of aliphatic hydroxyl groups is 19. The van der Waals surface area contributed by atoms with Crippen LogP contribution in [0.15, 0.2) is 24.3 Å². The van der Waals surface area contributed by atoms with Crippen molar-refractivity contribution in [1.29, 1.82) is 0 Å². The summed E-state index contributed by atoms with van der Waals surface area (Å²) in [6, 6.07) is -6.85. The van der Waals surface area contributed by atoms with Gasteiger partial charge in [-0.2, -0.15) is 0 Å². The van der Waals surface area contributed by atoms with Crippen molar-refractivity contribution in [2.45, 2.75) is 460 Å². The van der Waals surface area contributed by atoms with Crippen molar-refractivity contribution >= 4 is 35.6 Å². The highest BCUT2D eigenvalue weighted by Crippen LogP contribution is 2.42. The van der Waals surface area contributed by atoms with Gasteiger partial charge in [0.1, 0.15) is 134 Å². The van der Waals surface area contributed by atoms with Gasteiger partial charge in [0.25, 0.3) is 11.6 Å². The molecule has 6 aliphatic rings. The number of hydrogen-bond donors (Lipinski definition) is 25. The van der Waals surface area contributed by atoms with E-state index in [0.29, 0.717) is 12.8 Å². The number of rotatable bonds is 64. The molecule has 6 rings (SSSR count). The van der Waals surface area contributed by atoms with Gasteiger partial charge >= 0.3 is 11.9 Å². The first-order valence-electron chi connectivity index (χ1n) is 47.9. The Morgan fingerprint density at radius 3 is 1.23 bits per heavy atom. The van der Waals surface area contributed by atoms with E-state index in [1.807, 2.05) is 6.08 Å². The van der Waals surface area contributed by atoms with E-state index in [2.05, 4.69) is 47.3 Å². The van der Waals surface area contributed by atoms with E-state index in [0.717, 1.165) is 85.0 Å². The molecule has 6 fully saturated rings. The molecule has 6 heterocycles. The first kappa shape index (κ1) is 117. The molecule has 0 radical (unpaired) electrons. The molecule has 0 aliphatic carbocycles. The molecule has 43 nitrogen and oxygen atoms in total. The fourth-order valence-electron chi connectivity index (χ4n) is 17.7. The van der Waals surface area contributed by atoms with Gasteiger partial charge in [0, 0.05) is 40.0 Å². The van der Waals surface area contributed by atoms with E-state index in [9.17, 15) is 136 Å². The van der Waals surface area contributed by atoms with Crippen LogP contribution in [-0.2, 0) is 85.6 Å². The predicted molar refractivity (Wildman–Crippen MR) is 467 cm³/mol. The second kappa shape index (κ2) is 60.9. The molecule has 6 saturated heterocycles. The zero-order valence-corrected chi connectivity index (χ0v) is 77.5. The smallest absolute Gasteiger partial charge is 0.364 e. The minimum absolute atomic E-state index is 0.146. The summed E-state index contributed by atoms with van der Waals surface area (Å²) in [5.74, 6) is -14.5. The summed E-state index contributed by atoms with van der Waals surface area (Å²) in [6.45, 7) is -0.519. The minimum atomic E-state index is -3.52. The zero-order chi connectivity index (χ0) is 98.1. The lowest BCUT2D eigenvalue weighted by Gasteiger charge is -2.52. The van der Waals surface area contributed by atoms with Gasteiger partial charge in [0.15, 0.2) is 25.2 Å². The van der Waals surface area contributed by atoms with E-state index in [1.54, 1.807) is 6.08 Å². The third kappa shape index (κ3) is 35.7. The van der Waals surface area contributed by atoms with Crippen molar-refractivity contribution in [3.05, 3.63) is 24.3 Å². The topological polar surface area (TPSA) is 686 Å². The summed E-state index contributed by atoms with van der Waals surface area (Å²) in [7, 11) is 0. The van der Waals surface area contributed by atoms with Crippen LogP contribution in [0.1, 0.15) is 253 Å². The summed E-state index contributed by atoms with van der Waals surface area (Å²) >= 11 is 0. The Labute approximate surface area is 777 Å². The number of aliphatic carboxylic acids is 2. The van der Waals surface area contributed by atoms with Crippen molar-refractivity contribution in [1.82, 2.24) is 21.3 Å². The van der Waals surface area contributed by atoms with Crippen LogP contribution in [0.3, 0.4) is 0 Å². The molecule has 0 saturated carbocycles. The quantitative estimate of drug-likeness (QED) is 0.0237. The molecule has 0 aromatic carbocycles. The average molecular weight is 1920 g/mol. The van der Waals surface area contributed by atoms with Crippen LogP contribution in [0.5, 0.6) is 0 Å². The van der Waals surface area contributed by atoms with E-state index < -0.39 is 296 Å². The Morgan fingerprint density at radius 1 is 0.406 bits per heavy atom. The van der Waals surface area contributed by atoms with Gasteiger partial charge in [-0.3, -0.25) is 19.2 Å². The summed E-state index contributed by atoms with van der Waals surface area (Å²) in [4.78, 5) is 78.8. The second-order valence-corrected chi connectivity index (χ2v) is 36.0. The number of amides is 4. The number of carboxylic acid groups (broad SMARTS) is 2. The van der Waals surface area contributed by atoms with E-state index in [1.165, 1.54) is 122 Å². The molecule has 772 valence electrons. The van der Waals surface area contributed by atoms with E-state index >= 15 is 0 Å². The van der Waals surface area contributed by atoms with Gasteiger partial charge in [0.05, 0.1) is 82.7 Å². The van der Waals surface area contributed by atoms with Crippen LogP contribution in [0.2, 0.25) is 0 Å². The van der Waals surface area contributed by atoms with Crippen LogP contribution in [0.25, 0.3) is 0 Å². The number of ether oxygens (including phenoxy) is 12. The molecule has 133 heavy (non-hydrogen) atoms. The molecule has 25 N–H and O–H groups in total. The molecule has 34 atom stereocenters. The molecule has 4 amide bonds. The SMILES string of the molecule is CCCCCCCC/C=C\CCCCCCCCCCCCCC(=O)N[C@@H](CO[C@@H]1OC(CO)[C@@H](O[C@@H]2OC(CO)[C@H](O[C@@H]3OC(CO)[C@H](O)[C@H](O[C@@H]4OC(CO)[C@H](O)[C@H](O[C@]5(C(=O)O)CC(O)[C@@H](NC(C)=O)C([C@H](O)[C@@H](CO)O[C@]6(C(=O)O)CC(O)[C@@H](NC(C)=O)C([C@H](O)[C@H](O)CO)O6)O5)C4O)C3NC(C)=O)[C@H](O)C2O)[C@H](O)C1O)[C@H](O)/C=C/CCCCCCCCCCCCC. The number of carbonyl (C=O) groups is 6. The van der Waals surface area contributed by atoms with E-state index in [-0.39, 0.29) is 12.3 Å². The summed E-state index contributed by atoms with van der Waals surface area (Å²) in [6.07, 6.45) is -19.5. The summed E-state index contributed by atoms with van der Waals surface area (Å²) in [5, 5.41) is 246. The van der Waals surface area contributed by atoms with Crippen LogP contribution in [0, 0.1) is 0 Å². The molecule has 0 spiro atoms. The lowest BCUT2D eigenvalue weighted by atomic mass is 9.87. The van der Waals surface area contributed by atoms with Gasteiger partial charge < -0.3 is 185 Å². The van der Waals surface area contributed by atoms with Crippen LogP contribution >= 0.6 is 0 Å². The monoisotopic (exact) mass is 1920 g/mol. The maximum Gasteiger partial charge on any atom is 0.364 e. The lowest BCUT2D eigenvalue weighted by molar-refractivity contribution is -0.390. The Bertz CT molecular complexity index is 3360. The average Bonchev–Trinajstić information content (AvgIpc) is 0.748. The molecular formula is C90H158N4O39. The number of hydrogen-bond acceptors (Lipinski definition) is 37. The van der Waals surface area contributed by atoms with Gasteiger partial charge in [-0.05, 0) is 44.9 Å². The van der Waals surface area contributed by atoms with Crippen molar-refractivity contribution in [3.63, 3.8) is 0 Å². The minimum Gasteiger partial charge on any atom is -0.477 e.